The summed E-state index contributed by atoms with van der Waals surface area (Å²) in [4.78, 5) is 9.56. The zero-order valence-electron chi connectivity index (χ0n) is 16.5. The molecule has 0 bridgehead atoms. The summed E-state index contributed by atoms with van der Waals surface area (Å²) in [7, 11) is 1.56. The zero-order chi connectivity index (χ0) is 20.4. The molecule has 154 valence electrons. The molecule has 8 heteroatoms. The van der Waals surface area contributed by atoms with Crippen molar-refractivity contribution in [3.63, 3.8) is 0 Å². The standard InChI is InChI=1S/C21H26ClN5O2/c1-29-20-10-15(14-28)17(12-18(20)22)19-13-27-4-2-16(11-21(27)24-19)26-8-6-25(5-3-23)7-9-26/h2,4,10-13,28H,3,5-9,14,23H2,1H3. The monoisotopic (exact) mass is 415 g/mol. The summed E-state index contributed by atoms with van der Waals surface area (Å²) < 4.78 is 7.25. The van der Waals surface area contributed by atoms with E-state index in [1.54, 1.807) is 19.2 Å². The second kappa shape index (κ2) is 8.59. The molecule has 7 nitrogen and oxygen atoms in total. The highest BCUT2D eigenvalue weighted by Crippen LogP contribution is 2.34. The third-order valence-electron chi connectivity index (χ3n) is 5.45. The number of nitrogens with two attached hydrogens (primary N) is 1. The van der Waals surface area contributed by atoms with Gasteiger partial charge in [0.1, 0.15) is 11.4 Å². The number of nitrogens with zero attached hydrogens (tertiary/aromatic N) is 4. The van der Waals surface area contributed by atoms with E-state index in [4.69, 9.17) is 27.1 Å². The van der Waals surface area contributed by atoms with Crippen molar-refractivity contribution in [3.8, 4) is 17.0 Å². The SMILES string of the molecule is COc1cc(CO)c(-c2cn3ccc(N4CCN(CCN)CC4)cc3n2)cc1Cl. The highest BCUT2D eigenvalue weighted by Gasteiger charge is 2.18. The highest BCUT2D eigenvalue weighted by atomic mass is 35.5. The molecule has 3 heterocycles. The van der Waals surface area contributed by atoms with Gasteiger partial charge in [0, 0.05) is 69.0 Å². The first-order valence-electron chi connectivity index (χ1n) is 9.76. The molecule has 4 rings (SSSR count). The van der Waals surface area contributed by atoms with Gasteiger partial charge in [0.25, 0.3) is 0 Å². The fourth-order valence-electron chi connectivity index (χ4n) is 3.83. The van der Waals surface area contributed by atoms with Gasteiger partial charge >= 0.3 is 0 Å². The summed E-state index contributed by atoms with van der Waals surface area (Å²) in [5.41, 5.74) is 9.99. The molecular formula is C21H26ClN5O2. The summed E-state index contributed by atoms with van der Waals surface area (Å²) in [5, 5.41) is 10.3. The molecule has 29 heavy (non-hydrogen) atoms. The second-order valence-electron chi connectivity index (χ2n) is 7.20. The van der Waals surface area contributed by atoms with Crippen molar-refractivity contribution in [3.05, 3.63) is 47.2 Å². The summed E-state index contributed by atoms with van der Waals surface area (Å²) in [5.74, 6) is 0.541. The van der Waals surface area contributed by atoms with E-state index in [2.05, 4.69) is 21.9 Å². The largest absolute Gasteiger partial charge is 0.495 e. The zero-order valence-corrected chi connectivity index (χ0v) is 17.3. The van der Waals surface area contributed by atoms with Crippen LogP contribution in [0.1, 0.15) is 5.56 Å². The molecular weight excluding hydrogens is 390 g/mol. The van der Waals surface area contributed by atoms with Crippen LogP contribution in [-0.4, -0.2) is 65.8 Å². The minimum absolute atomic E-state index is 0.116. The van der Waals surface area contributed by atoms with Crippen LogP contribution in [0.15, 0.2) is 36.7 Å². The van der Waals surface area contributed by atoms with Crippen molar-refractivity contribution in [2.45, 2.75) is 6.61 Å². The first-order valence-corrected chi connectivity index (χ1v) is 10.1. The number of benzene rings is 1. The Balaban J connectivity index is 1.62. The van der Waals surface area contributed by atoms with E-state index in [0.29, 0.717) is 17.3 Å². The van der Waals surface area contributed by atoms with Crippen molar-refractivity contribution in [1.29, 1.82) is 0 Å². The maximum absolute atomic E-state index is 9.79. The van der Waals surface area contributed by atoms with Crippen molar-refractivity contribution in [2.24, 2.45) is 5.73 Å². The highest BCUT2D eigenvalue weighted by molar-refractivity contribution is 6.32. The Morgan fingerprint density at radius 2 is 2.00 bits per heavy atom. The van der Waals surface area contributed by atoms with E-state index < -0.39 is 0 Å². The number of halogens is 1. The number of hydrogen-bond donors (Lipinski definition) is 2. The molecule has 1 fully saturated rings. The van der Waals surface area contributed by atoms with E-state index in [1.807, 2.05) is 16.8 Å². The Morgan fingerprint density at radius 3 is 2.69 bits per heavy atom. The van der Waals surface area contributed by atoms with E-state index in [0.717, 1.165) is 60.9 Å². The molecule has 0 saturated carbocycles. The maximum Gasteiger partial charge on any atom is 0.139 e. The molecule has 0 unspecified atom stereocenters. The van der Waals surface area contributed by atoms with Crippen molar-refractivity contribution >= 4 is 22.9 Å². The Bertz CT molecular complexity index is 998. The molecule has 1 saturated heterocycles. The minimum atomic E-state index is -0.116. The lowest BCUT2D eigenvalue weighted by molar-refractivity contribution is 0.265. The molecule has 0 radical (unpaired) electrons. The Morgan fingerprint density at radius 1 is 1.21 bits per heavy atom. The smallest absolute Gasteiger partial charge is 0.139 e. The molecule has 0 aliphatic carbocycles. The Labute approximate surface area is 175 Å². The van der Waals surface area contributed by atoms with Gasteiger partial charge in [-0.25, -0.2) is 4.98 Å². The minimum Gasteiger partial charge on any atom is -0.495 e. The molecule has 3 N–H and O–H groups in total. The lowest BCUT2D eigenvalue weighted by Gasteiger charge is -2.35. The number of aliphatic hydroxyl groups is 1. The third-order valence-corrected chi connectivity index (χ3v) is 5.75. The van der Waals surface area contributed by atoms with Gasteiger partial charge in [0.15, 0.2) is 0 Å². The van der Waals surface area contributed by atoms with Gasteiger partial charge in [0.2, 0.25) is 0 Å². The van der Waals surface area contributed by atoms with Gasteiger partial charge in [-0.2, -0.15) is 0 Å². The molecule has 1 aromatic carbocycles. The predicted octanol–water partition coefficient (Wildman–Crippen LogP) is 2.24. The van der Waals surface area contributed by atoms with Crippen LogP contribution in [0.5, 0.6) is 5.75 Å². The molecule has 1 aliphatic rings. The molecule has 1 aliphatic heterocycles. The Kier molecular flexibility index (Phi) is 5.91. The van der Waals surface area contributed by atoms with Gasteiger partial charge in [-0.1, -0.05) is 11.6 Å². The fourth-order valence-corrected chi connectivity index (χ4v) is 4.07. The van der Waals surface area contributed by atoms with Crippen LogP contribution in [0.3, 0.4) is 0 Å². The van der Waals surface area contributed by atoms with Crippen LogP contribution in [0.2, 0.25) is 5.02 Å². The number of aliphatic hydroxyl groups excluding tert-OH is 1. The summed E-state index contributed by atoms with van der Waals surface area (Å²) in [6.45, 7) is 5.54. The van der Waals surface area contributed by atoms with Crippen LogP contribution in [0, 0.1) is 0 Å². The number of fused-ring (bicyclic) bond motifs is 1. The first kappa shape index (κ1) is 20.0. The molecule has 2 aromatic heterocycles. The van der Waals surface area contributed by atoms with E-state index in [1.165, 1.54) is 0 Å². The number of anilines is 1. The van der Waals surface area contributed by atoms with Crippen LogP contribution in [0.4, 0.5) is 5.69 Å². The average Bonchev–Trinajstić information content (AvgIpc) is 3.17. The van der Waals surface area contributed by atoms with Gasteiger partial charge in [-0.05, 0) is 23.8 Å². The van der Waals surface area contributed by atoms with E-state index in [9.17, 15) is 5.11 Å². The molecule has 0 atom stereocenters. The molecule has 3 aromatic rings. The predicted molar refractivity (Wildman–Crippen MR) is 116 cm³/mol. The van der Waals surface area contributed by atoms with Crippen molar-refractivity contribution < 1.29 is 9.84 Å². The summed E-state index contributed by atoms with van der Waals surface area (Å²) >= 11 is 6.31. The van der Waals surface area contributed by atoms with Gasteiger partial charge in [-0.3, -0.25) is 4.90 Å². The van der Waals surface area contributed by atoms with Crippen LogP contribution in [-0.2, 0) is 6.61 Å². The van der Waals surface area contributed by atoms with Gasteiger partial charge < -0.3 is 24.9 Å². The number of hydrogen-bond acceptors (Lipinski definition) is 6. The lowest BCUT2D eigenvalue weighted by atomic mass is 10.1. The van der Waals surface area contributed by atoms with Gasteiger partial charge in [0.05, 0.1) is 24.4 Å². The second-order valence-corrected chi connectivity index (χ2v) is 7.60. The first-order chi connectivity index (χ1) is 14.1. The van der Waals surface area contributed by atoms with Crippen molar-refractivity contribution in [2.75, 3.05) is 51.3 Å². The molecule has 0 spiro atoms. The topological polar surface area (TPSA) is 79.3 Å². The number of rotatable bonds is 6. The summed E-state index contributed by atoms with van der Waals surface area (Å²) in [6.07, 6.45) is 3.98. The molecule has 0 amide bonds. The number of ether oxygens (including phenoxy) is 1. The van der Waals surface area contributed by atoms with Gasteiger partial charge in [-0.15, -0.1) is 0 Å². The lowest BCUT2D eigenvalue weighted by Crippen LogP contribution is -2.47. The van der Waals surface area contributed by atoms with Crippen LogP contribution >= 0.6 is 11.6 Å². The number of pyridine rings is 1. The summed E-state index contributed by atoms with van der Waals surface area (Å²) in [6, 6.07) is 7.77. The quantitative estimate of drug-likeness (QED) is 0.642. The fraction of sp³-hybridized carbons (Fsp3) is 0.381. The number of piperazine rings is 1. The normalized spacial score (nSPS) is 15.2. The number of aromatic nitrogens is 2. The van der Waals surface area contributed by atoms with E-state index >= 15 is 0 Å². The maximum atomic E-state index is 9.79. The average molecular weight is 416 g/mol. The number of imidazole rings is 1. The number of methoxy groups -OCH3 is 1. The van der Waals surface area contributed by atoms with E-state index in [-0.39, 0.29) is 6.61 Å². The third kappa shape index (κ3) is 4.04. The van der Waals surface area contributed by atoms with Crippen molar-refractivity contribution in [1.82, 2.24) is 14.3 Å². The van der Waals surface area contributed by atoms with Crippen LogP contribution < -0.4 is 15.4 Å². The van der Waals surface area contributed by atoms with Crippen LogP contribution in [0.25, 0.3) is 16.9 Å². The Hall–Kier alpha value is -2.32.